The van der Waals surface area contributed by atoms with Gasteiger partial charge in [-0.3, -0.25) is 9.69 Å². The molecule has 2 unspecified atom stereocenters. The molecule has 3 fully saturated rings. The summed E-state index contributed by atoms with van der Waals surface area (Å²) in [6.07, 6.45) is 7.32. The van der Waals surface area contributed by atoms with Crippen molar-refractivity contribution in [2.45, 2.75) is 50.6 Å². The minimum Gasteiger partial charge on any atom is -0.338 e. The Kier molecular flexibility index (Phi) is 3.85. The summed E-state index contributed by atoms with van der Waals surface area (Å²) in [7, 11) is 0. The number of rotatable bonds is 1. The van der Waals surface area contributed by atoms with Crippen molar-refractivity contribution in [1.82, 2.24) is 15.1 Å². The minimum atomic E-state index is 0.0976. The molecule has 3 saturated heterocycles. The Morgan fingerprint density at radius 1 is 1.00 bits per heavy atom. The van der Waals surface area contributed by atoms with Gasteiger partial charge in [0.25, 0.3) is 0 Å². The number of hydrogen-bond acceptors (Lipinski definition) is 3. The molecule has 3 rings (SSSR count). The Hall–Kier alpha value is -0.610. The maximum atomic E-state index is 12.5. The Labute approximate surface area is 110 Å². The summed E-state index contributed by atoms with van der Waals surface area (Å²) in [6, 6.07) is 0.744. The van der Waals surface area contributed by atoms with Gasteiger partial charge in [0.2, 0.25) is 5.91 Å². The van der Waals surface area contributed by atoms with Gasteiger partial charge in [0, 0.05) is 25.7 Å². The molecule has 0 spiro atoms. The van der Waals surface area contributed by atoms with Crippen molar-refractivity contribution in [2.75, 3.05) is 32.7 Å². The average Bonchev–Trinajstić information content (AvgIpc) is 2.69. The molecule has 3 aliphatic rings. The molecule has 1 N–H and O–H groups in total. The molecular formula is C14H25N3O. The Balaban J connectivity index is 1.58. The van der Waals surface area contributed by atoms with E-state index in [0.717, 1.165) is 32.6 Å². The number of fused-ring (bicyclic) bond motifs is 1. The van der Waals surface area contributed by atoms with E-state index in [4.69, 9.17) is 0 Å². The Morgan fingerprint density at radius 2 is 1.94 bits per heavy atom. The molecule has 18 heavy (non-hydrogen) atoms. The standard InChI is InChI=1S/C14H25N3O/c18-14(13-6-2-1-3-7-15-13)17-10-9-16-8-4-5-12(16)11-17/h12-13,15H,1-11H2. The van der Waals surface area contributed by atoms with Crippen LogP contribution in [0.3, 0.4) is 0 Å². The fourth-order valence-corrected chi connectivity index (χ4v) is 3.65. The molecule has 0 aromatic heterocycles. The fraction of sp³-hybridized carbons (Fsp3) is 0.929. The van der Waals surface area contributed by atoms with Crippen molar-refractivity contribution in [3.05, 3.63) is 0 Å². The lowest BCUT2D eigenvalue weighted by atomic mass is 10.1. The number of hydrogen-bond donors (Lipinski definition) is 1. The van der Waals surface area contributed by atoms with E-state index in [1.807, 2.05) is 0 Å². The summed E-state index contributed by atoms with van der Waals surface area (Å²) in [5, 5.41) is 3.43. The number of amides is 1. The second kappa shape index (κ2) is 5.57. The van der Waals surface area contributed by atoms with Crippen molar-refractivity contribution in [2.24, 2.45) is 0 Å². The lowest BCUT2D eigenvalue weighted by molar-refractivity contribution is -0.136. The molecule has 3 heterocycles. The van der Waals surface area contributed by atoms with Gasteiger partial charge in [-0.05, 0) is 38.8 Å². The van der Waals surface area contributed by atoms with Gasteiger partial charge < -0.3 is 10.2 Å². The van der Waals surface area contributed by atoms with Crippen LogP contribution in [0.2, 0.25) is 0 Å². The fourth-order valence-electron chi connectivity index (χ4n) is 3.65. The molecule has 0 aliphatic carbocycles. The van der Waals surface area contributed by atoms with Crippen LogP contribution in [-0.4, -0.2) is 60.5 Å². The van der Waals surface area contributed by atoms with E-state index >= 15 is 0 Å². The predicted octanol–water partition coefficient (Wildman–Crippen LogP) is 0.825. The van der Waals surface area contributed by atoms with E-state index in [0.29, 0.717) is 11.9 Å². The van der Waals surface area contributed by atoms with Gasteiger partial charge in [0.05, 0.1) is 6.04 Å². The molecular weight excluding hydrogens is 226 g/mol. The number of nitrogens with zero attached hydrogens (tertiary/aromatic N) is 2. The zero-order valence-electron chi connectivity index (χ0n) is 11.2. The Bertz CT molecular complexity index is 299. The number of nitrogens with one attached hydrogen (secondary N) is 1. The van der Waals surface area contributed by atoms with Gasteiger partial charge in [-0.15, -0.1) is 0 Å². The van der Waals surface area contributed by atoms with Gasteiger partial charge >= 0.3 is 0 Å². The topological polar surface area (TPSA) is 35.6 Å². The van der Waals surface area contributed by atoms with Gasteiger partial charge in [0.1, 0.15) is 0 Å². The van der Waals surface area contributed by atoms with Crippen LogP contribution in [-0.2, 0) is 4.79 Å². The third kappa shape index (κ3) is 2.54. The minimum absolute atomic E-state index is 0.0976. The Morgan fingerprint density at radius 3 is 2.89 bits per heavy atom. The van der Waals surface area contributed by atoms with E-state index in [9.17, 15) is 4.79 Å². The molecule has 0 radical (unpaired) electrons. The third-order valence-corrected chi connectivity index (χ3v) is 4.76. The van der Waals surface area contributed by atoms with Crippen LogP contribution in [0.5, 0.6) is 0 Å². The van der Waals surface area contributed by atoms with Crippen LogP contribution < -0.4 is 5.32 Å². The van der Waals surface area contributed by atoms with Gasteiger partial charge in [-0.1, -0.05) is 12.8 Å². The number of piperazine rings is 1. The van der Waals surface area contributed by atoms with Crippen LogP contribution >= 0.6 is 0 Å². The van der Waals surface area contributed by atoms with E-state index in [-0.39, 0.29) is 6.04 Å². The van der Waals surface area contributed by atoms with Crippen molar-refractivity contribution in [1.29, 1.82) is 0 Å². The molecule has 1 amide bonds. The molecule has 3 aliphatic heterocycles. The number of carbonyl (C=O) groups is 1. The molecule has 0 aromatic carbocycles. The van der Waals surface area contributed by atoms with Gasteiger partial charge in [-0.2, -0.15) is 0 Å². The molecule has 102 valence electrons. The first-order valence-corrected chi connectivity index (χ1v) is 7.61. The highest BCUT2D eigenvalue weighted by molar-refractivity contribution is 5.82. The summed E-state index contributed by atoms with van der Waals surface area (Å²) in [4.78, 5) is 17.2. The van der Waals surface area contributed by atoms with E-state index in [1.165, 1.54) is 38.6 Å². The zero-order chi connectivity index (χ0) is 12.4. The lowest BCUT2D eigenvalue weighted by Crippen LogP contribution is -2.56. The first kappa shape index (κ1) is 12.4. The second-order valence-corrected chi connectivity index (χ2v) is 5.97. The maximum Gasteiger partial charge on any atom is 0.239 e. The molecule has 4 heteroatoms. The monoisotopic (exact) mass is 251 g/mol. The van der Waals surface area contributed by atoms with Crippen LogP contribution in [0.4, 0.5) is 0 Å². The highest BCUT2D eigenvalue weighted by atomic mass is 16.2. The van der Waals surface area contributed by atoms with E-state index in [1.54, 1.807) is 0 Å². The van der Waals surface area contributed by atoms with Crippen LogP contribution in [0.1, 0.15) is 38.5 Å². The second-order valence-electron chi connectivity index (χ2n) is 5.97. The van der Waals surface area contributed by atoms with Gasteiger partial charge in [-0.25, -0.2) is 0 Å². The smallest absolute Gasteiger partial charge is 0.239 e. The predicted molar refractivity (Wildman–Crippen MR) is 71.4 cm³/mol. The maximum absolute atomic E-state index is 12.5. The average molecular weight is 251 g/mol. The summed E-state index contributed by atoms with van der Waals surface area (Å²) in [5.41, 5.74) is 0. The first-order valence-electron chi connectivity index (χ1n) is 7.61. The van der Waals surface area contributed by atoms with Crippen molar-refractivity contribution >= 4 is 5.91 Å². The quantitative estimate of drug-likeness (QED) is 0.749. The highest BCUT2D eigenvalue weighted by Crippen LogP contribution is 2.22. The van der Waals surface area contributed by atoms with Crippen molar-refractivity contribution in [3.63, 3.8) is 0 Å². The molecule has 0 aromatic rings. The van der Waals surface area contributed by atoms with Gasteiger partial charge in [0.15, 0.2) is 0 Å². The van der Waals surface area contributed by atoms with Crippen LogP contribution in [0.15, 0.2) is 0 Å². The molecule has 2 atom stereocenters. The summed E-state index contributed by atoms with van der Waals surface area (Å²) in [5.74, 6) is 0.364. The van der Waals surface area contributed by atoms with Crippen LogP contribution in [0, 0.1) is 0 Å². The lowest BCUT2D eigenvalue weighted by Gasteiger charge is -2.39. The summed E-state index contributed by atoms with van der Waals surface area (Å²) >= 11 is 0. The molecule has 4 nitrogen and oxygen atoms in total. The van der Waals surface area contributed by atoms with Crippen LogP contribution in [0.25, 0.3) is 0 Å². The number of carbonyl (C=O) groups excluding carboxylic acids is 1. The third-order valence-electron chi connectivity index (χ3n) is 4.76. The summed E-state index contributed by atoms with van der Waals surface area (Å²) in [6.45, 7) is 5.25. The SMILES string of the molecule is O=C(C1CCCCCN1)N1CCN2CCCC2C1. The molecule has 0 saturated carbocycles. The summed E-state index contributed by atoms with van der Waals surface area (Å²) < 4.78 is 0. The van der Waals surface area contributed by atoms with E-state index < -0.39 is 0 Å². The van der Waals surface area contributed by atoms with Crippen molar-refractivity contribution in [3.8, 4) is 0 Å². The van der Waals surface area contributed by atoms with Crippen molar-refractivity contribution < 1.29 is 4.79 Å². The first-order chi connectivity index (χ1) is 8.84. The zero-order valence-corrected chi connectivity index (χ0v) is 11.2. The normalized spacial score (nSPS) is 34.1. The highest BCUT2D eigenvalue weighted by Gasteiger charge is 2.34. The largest absolute Gasteiger partial charge is 0.338 e. The molecule has 0 bridgehead atoms. The van der Waals surface area contributed by atoms with E-state index in [2.05, 4.69) is 15.1 Å².